The van der Waals surface area contributed by atoms with Crippen molar-refractivity contribution in [2.24, 2.45) is 0 Å². The minimum atomic E-state index is -0.406. The van der Waals surface area contributed by atoms with Crippen molar-refractivity contribution in [1.82, 2.24) is 9.78 Å². The lowest BCUT2D eigenvalue weighted by Crippen LogP contribution is -2.14. The number of hydrogen-bond donors (Lipinski definition) is 1. The molecule has 0 bridgehead atoms. The smallest absolute Gasteiger partial charge is 0.260 e. The Morgan fingerprint density at radius 3 is 2.31 bits per heavy atom. The monoisotopic (exact) mass is 433 g/mol. The van der Waals surface area contributed by atoms with Crippen molar-refractivity contribution in [1.29, 1.82) is 0 Å². The fourth-order valence-corrected chi connectivity index (χ4v) is 3.44. The maximum Gasteiger partial charge on any atom is 0.260 e. The standard InChI is InChI=1S/C21H21Cl2N3O3/c1-12-5-7-14(8-6-12)11-26-20(23)19(13(2)25-26)21(27)24-16-10-18(29-4)17(28-3)9-15(16)22/h5-10H,11H2,1-4H3,(H,24,27). The summed E-state index contributed by atoms with van der Waals surface area (Å²) in [6.45, 7) is 4.23. The Kier molecular flexibility index (Phi) is 6.35. The van der Waals surface area contributed by atoms with Crippen LogP contribution in [-0.4, -0.2) is 29.9 Å². The highest BCUT2D eigenvalue weighted by Gasteiger charge is 2.22. The fourth-order valence-electron chi connectivity index (χ4n) is 2.92. The Morgan fingerprint density at radius 1 is 1.07 bits per heavy atom. The SMILES string of the molecule is COc1cc(Cl)c(NC(=O)c2c(C)nn(Cc3ccc(C)cc3)c2Cl)cc1OC. The predicted molar refractivity (Wildman–Crippen MR) is 115 cm³/mol. The van der Waals surface area contributed by atoms with Crippen LogP contribution >= 0.6 is 23.2 Å². The Balaban J connectivity index is 1.86. The number of carbonyl (C=O) groups excluding carboxylic acids is 1. The van der Waals surface area contributed by atoms with Crippen LogP contribution in [0.4, 0.5) is 5.69 Å². The molecule has 1 amide bonds. The first kappa shape index (κ1) is 21.0. The van der Waals surface area contributed by atoms with E-state index in [0.717, 1.165) is 5.56 Å². The van der Waals surface area contributed by atoms with Crippen molar-refractivity contribution in [2.45, 2.75) is 20.4 Å². The van der Waals surface area contributed by atoms with Gasteiger partial charge in [-0.2, -0.15) is 5.10 Å². The molecule has 152 valence electrons. The first-order valence-electron chi connectivity index (χ1n) is 8.85. The summed E-state index contributed by atoms with van der Waals surface area (Å²) in [6.07, 6.45) is 0. The molecule has 0 aliphatic carbocycles. The number of anilines is 1. The zero-order chi connectivity index (χ0) is 21.1. The molecule has 2 aromatic carbocycles. The third-order valence-corrected chi connectivity index (χ3v) is 5.16. The van der Waals surface area contributed by atoms with Crippen LogP contribution in [0.15, 0.2) is 36.4 Å². The number of aryl methyl sites for hydroxylation is 2. The molecule has 0 saturated carbocycles. The number of aromatic nitrogens is 2. The minimum absolute atomic E-state index is 0.261. The molecule has 6 nitrogen and oxygen atoms in total. The summed E-state index contributed by atoms with van der Waals surface area (Å²) in [6, 6.07) is 11.2. The van der Waals surface area contributed by atoms with E-state index in [1.54, 1.807) is 23.7 Å². The number of amides is 1. The lowest BCUT2D eigenvalue weighted by molar-refractivity contribution is 0.102. The van der Waals surface area contributed by atoms with E-state index in [1.165, 1.54) is 19.8 Å². The van der Waals surface area contributed by atoms with E-state index >= 15 is 0 Å². The second-order valence-corrected chi connectivity index (χ2v) is 7.30. The predicted octanol–water partition coefficient (Wildman–Crippen LogP) is 5.12. The molecule has 1 N–H and O–H groups in total. The molecule has 0 fully saturated rings. The van der Waals surface area contributed by atoms with Crippen molar-refractivity contribution in [3.8, 4) is 11.5 Å². The van der Waals surface area contributed by atoms with Crippen molar-refractivity contribution in [3.63, 3.8) is 0 Å². The molecule has 1 heterocycles. The maximum absolute atomic E-state index is 12.9. The fraction of sp³-hybridized carbons (Fsp3) is 0.238. The van der Waals surface area contributed by atoms with Crippen LogP contribution in [0.3, 0.4) is 0 Å². The highest BCUT2D eigenvalue weighted by Crippen LogP contribution is 2.36. The van der Waals surface area contributed by atoms with Crippen LogP contribution in [0.5, 0.6) is 11.5 Å². The first-order chi connectivity index (χ1) is 13.8. The number of halogens is 2. The second-order valence-electron chi connectivity index (χ2n) is 6.54. The van der Waals surface area contributed by atoms with Crippen molar-refractivity contribution >= 4 is 34.8 Å². The Hall–Kier alpha value is -2.70. The Morgan fingerprint density at radius 2 is 1.69 bits per heavy atom. The molecule has 29 heavy (non-hydrogen) atoms. The largest absolute Gasteiger partial charge is 0.493 e. The molecular weight excluding hydrogens is 413 g/mol. The quantitative estimate of drug-likeness (QED) is 0.585. The van der Waals surface area contributed by atoms with Gasteiger partial charge in [-0.05, 0) is 19.4 Å². The van der Waals surface area contributed by atoms with Gasteiger partial charge in [0.25, 0.3) is 5.91 Å². The Bertz CT molecular complexity index is 1050. The van der Waals surface area contributed by atoms with Crippen LogP contribution in [-0.2, 0) is 6.54 Å². The lowest BCUT2D eigenvalue weighted by atomic mass is 10.1. The van der Waals surface area contributed by atoms with Crippen molar-refractivity contribution < 1.29 is 14.3 Å². The molecule has 0 aliphatic rings. The number of methoxy groups -OCH3 is 2. The zero-order valence-electron chi connectivity index (χ0n) is 16.5. The number of carbonyl (C=O) groups is 1. The van der Waals surface area contributed by atoms with Crippen LogP contribution in [0.2, 0.25) is 10.2 Å². The summed E-state index contributed by atoms with van der Waals surface area (Å²) in [5.74, 6) is 0.512. The van der Waals surface area contributed by atoms with E-state index in [2.05, 4.69) is 10.4 Å². The topological polar surface area (TPSA) is 65.4 Å². The summed E-state index contributed by atoms with van der Waals surface area (Å²) >= 11 is 12.7. The van der Waals surface area contributed by atoms with Gasteiger partial charge < -0.3 is 14.8 Å². The number of nitrogens with zero attached hydrogens (tertiary/aromatic N) is 2. The molecule has 0 atom stereocenters. The molecule has 3 aromatic rings. The average Bonchev–Trinajstić information content (AvgIpc) is 2.97. The maximum atomic E-state index is 12.9. The second kappa shape index (κ2) is 8.76. The molecular formula is C21H21Cl2N3O3. The van der Waals surface area contributed by atoms with Crippen LogP contribution in [0.1, 0.15) is 27.2 Å². The van der Waals surface area contributed by atoms with Gasteiger partial charge in [0.15, 0.2) is 11.5 Å². The van der Waals surface area contributed by atoms with Crippen molar-refractivity contribution in [2.75, 3.05) is 19.5 Å². The number of hydrogen-bond acceptors (Lipinski definition) is 4. The van der Waals surface area contributed by atoms with E-state index in [4.69, 9.17) is 32.7 Å². The zero-order valence-corrected chi connectivity index (χ0v) is 18.1. The summed E-state index contributed by atoms with van der Waals surface area (Å²) in [5, 5.41) is 7.77. The lowest BCUT2D eigenvalue weighted by Gasteiger charge is -2.12. The molecule has 0 spiro atoms. The van der Waals surface area contributed by atoms with E-state index in [9.17, 15) is 4.79 Å². The van der Waals surface area contributed by atoms with E-state index in [1.807, 2.05) is 31.2 Å². The van der Waals surface area contributed by atoms with E-state index in [0.29, 0.717) is 40.0 Å². The number of benzene rings is 2. The van der Waals surface area contributed by atoms with Gasteiger partial charge in [-0.1, -0.05) is 53.0 Å². The molecule has 0 unspecified atom stereocenters. The summed E-state index contributed by atoms with van der Waals surface area (Å²) in [7, 11) is 3.02. The Labute approximate surface area is 179 Å². The highest BCUT2D eigenvalue weighted by atomic mass is 35.5. The van der Waals surface area contributed by atoms with Crippen LogP contribution in [0, 0.1) is 13.8 Å². The summed E-state index contributed by atoms with van der Waals surface area (Å²) in [4.78, 5) is 12.9. The summed E-state index contributed by atoms with van der Waals surface area (Å²) < 4.78 is 12.1. The number of nitrogens with one attached hydrogen (secondary N) is 1. The van der Waals surface area contributed by atoms with Gasteiger partial charge in [-0.15, -0.1) is 0 Å². The van der Waals surface area contributed by atoms with Gasteiger partial charge in [0.1, 0.15) is 5.15 Å². The molecule has 3 rings (SSSR count). The van der Waals surface area contributed by atoms with Gasteiger partial charge in [-0.3, -0.25) is 4.79 Å². The van der Waals surface area contributed by atoms with Gasteiger partial charge in [0.2, 0.25) is 0 Å². The minimum Gasteiger partial charge on any atom is -0.493 e. The van der Waals surface area contributed by atoms with E-state index < -0.39 is 5.91 Å². The molecule has 8 heteroatoms. The van der Waals surface area contributed by atoms with Gasteiger partial charge in [0, 0.05) is 12.1 Å². The molecule has 0 radical (unpaired) electrons. The van der Waals surface area contributed by atoms with Crippen LogP contribution in [0.25, 0.3) is 0 Å². The van der Waals surface area contributed by atoms with Gasteiger partial charge in [0.05, 0.1) is 42.7 Å². The molecule has 0 aliphatic heterocycles. The number of ether oxygens (including phenoxy) is 2. The average molecular weight is 434 g/mol. The first-order valence-corrected chi connectivity index (χ1v) is 9.61. The summed E-state index contributed by atoms with van der Waals surface area (Å²) in [5.41, 5.74) is 3.41. The van der Waals surface area contributed by atoms with Gasteiger partial charge >= 0.3 is 0 Å². The normalized spacial score (nSPS) is 10.7. The molecule has 0 saturated heterocycles. The highest BCUT2D eigenvalue weighted by molar-refractivity contribution is 6.35. The molecule has 1 aromatic heterocycles. The third kappa shape index (κ3) is 4.49. The van der Waals surface area contributed by atoms with Crippen molar-refractivity contribution in [3.05, 3.63) is 69.0 Å². The van der Waals surface area contributed by atoms with E-state index in [-0.39, 0.29) is 5.15 Å². The van der Waals surface area contributed by atoms with Gasteiger partial charge in [-0.25, -0.2) is 4.68 Å². The number of rotatable bonds is 6. The van der Waals surface area contributed by atoms with Crippen LogP contribution < -0.4 is 14.8 Å². The third-order valence-electron chi connectivity index (χ3n) is 4.47.